The summed E-state index contributed by atoms with van der Waals surface area (Å²) in [5, 5.41) is 16.9. The SMILES string of the molecule is C[C@H]1CC(=N)[C@H](O)CC1(C)C. The fourth-order valence-corrected chi connectivity index (χ4v) is 1.56. The number of nitrogens with one attached hydrogen (secondary N) is 1. The van der Waals surface area contributed by atoms with Crippen LogP contribution in [0.25, 0.3) is 0 Å². The molecule has 64 valence electrons. The molecule has 2 atom stereocenters. The normalized spacial score (nSPS) is 37.3. The van der Waals surface area contributed by atoms with Crippen molar-refractivity contribution in [2.75, 3.05) is 0 Å². The fourth-order valence-electron chi connectivity index (χ4n) is 1.56. The lowest BCUT2D eigenvalue weighted by Crippen LogP contribution is -2.39. The molecule has 1 fully saturated rings. The first-order valence-corrected chi connectivity index (χ1v) is 4.19. The number of hydrogen-bond donors (Lipinski definition) is 2. The Morgan fingerprint density at radius 3 is 2.55 bits per heavy atom. The van der Waals surface area contributed by atoms with Crippen LogP contribution >= 0.6 is 0 Å². The standard InChI is InChI=1S/C9H17NO/c1-6-4-7(10)8(11)5-9(6,2)3/h6,8,10-11H,4-5H2,1-3H3/t6-,8+/m0/s1. The predicted molar refractivity (Wildman–Crippen MR) is 45.9 cm³/mol. The summed E-state index contributed by atoms with van der Waals surface area (Å²) in [6.07, 6.45) is 1.02. The number of aliphatic hydroxyl groups is 1. The van der Waals surface area contributed by atoms with Gasteiger partial charge in [-0.15, -0.1) is 0 Å². The van der Waals surface area contributed by atoms with Crippen LogP contribution < -0.4 is 0 Å². The molecule has 0 radical (unpaired) electrons. The van der Waals surface area contributed by atoms with Crippen molar-refractivity contribution in [3.63, 3.8) is 0 Å². The van der Waals surface area contributed by atoms with Crippen molar-refractivity contribution in [1.82, 2.24) is 0 Å². The molecule has 11 heavy (non-hydrogen) atoms. The molecule has 0 aliphatic heterocycles. The lowest BCUT2D eigenvalue weighted by Gasteiger charge is -2.39. The maximum Gasteiger partial charge on any atom is 0.0919 e. The summed E-state index contributed by atoms with van der Waals surface area (Å²) in [7, 11) is 0. The van der Waals surface area contributed by atoms with Crippen molar-refractivity contribution in [3.8, 4) is 0 Å². The minimum atomic E-state index is -0.485. The summed E-state index contributed by atoms with van der Waals surface area (Å²) >= 11 is 0. The van der Waals surface area contributed by atoms with E-state index in [9.17, 15) is 5.11 Å². The average Bonchev–Trinajstić information content (AvgIpc) is 1.83. The summed E-state index contributed by atoms with van der Waals surface area (Å²) in [6, 6.07) is 0. The van der Waals surface area contributed by atoms with Gasteiger partial charge in [0.05, 0.1) is 6.10 Å². The van der Waals surface area contributed by atoms with Crippen LogP contribution in [0.2, 0.25) is 0 Å². The molecule has 1 saturated carbocycles. The molecule has 0 spiro atoms. The van der Waals surface area contributed by atoms with E-state index in [0.29, 0.717) is 11.6 Å². The highest BCUT2D eigenvalue weighted by Gasteiger charge is 2.35. The first-order valence-electron chi connectivity index (χ1n) is 4.19. The average molecular weight is 155 g/mol. The van der Waals surface area contributed by atoms with Crippen molar-refractivity contribution in [2.24, 2.45) is 11.3 Å². The van der Waals surface area contributed by atoms with Crippen molar-refractivity contribution < 1.29 is 5.11 Å². The van der Waals surface area contributed by atoms with Gasteiger partial charge in [0, 0.05) is 5.71 Å². The molecule has 2 N–H and O–H groups in total. The highest BCUT2D eigenvalue weighted by Crippen LogP contribution is 2.38. The molecule has 0 unspecified atom stereocenters. The van der Waals surface area contributed by atoms with Crippen LogP contribution in [-0.4, -0.2) is 16.9 Å². The van der Waals surface area contributed by atoms with E-state index in [1.165, 1.54) is 0 Å². The Balaban J connectivity index is 2.70. The van der Waals surface area contributed by atoms with Crippen LogP contribution in [-0.2, 0) is 0 Å². The van der Waals surface area contributed by atoms with Gasteiger partial charge in [0.25, 0.3) is 0 Å². The molecule has 0 aromatic rings. The van der Waals surface area contributed by atoms with Crippen molar-refractivity contribution in [3.05, 3.63) is 0 Å². The van der Waals surface area contributed by atoms with Crippen molar-refractivity contribution in [1.29, 1.82) is 5.41 Å². The second-order valence-electron chi connectivity index (χ2n) is 4.34. The molecule has 0 bridgehead atoms. The predicted octanol–water partition coefficient (Wildman–Crippen LogP) is 1.82. The lowest BCUT2D eigenvalue weighted by atomic mass is 9.68. The van der Waals surface area contributed by atoms with Crippen LogP contribution in [0.3, 0.4) is 0 Å². The van der Waals surface area contributed by atoms with Crippen LogP contribution in [0.1, 0.15) is 33.6 Å². The van der Waals surface area contributed by atoms with E-state index in [0.717, 1.165) is 12.8 Å². The Bertz CT molecular complexity index is 174. The van der Waals surface area contributed by atoms with Crippen LogP contribution in [0.4, 0.5) is 0 Å². The molecule has 2 heteroatoms. The summed E-state index contributed by atoms with van der Waals surface area (Å²) in [6.45, 7) is 6.47. The van der Waals surface area contributed by atoms with E-state index < -0.39 is 6.10 Å². The van der Waals surface area contributed by atoms with Crippen LogP contribution in [0.5, 0.6) is 0 Å². The van der Waals surface area contributed by atoms with Gasteiger partial charge in [-0.25, -0.2) is 0 Å². The number of hydrogen-bond acceptors (Lipinski definition) is 2. The van der Waals surface area contributed by atoms with Gasteiger partial charge in [0.15, 0.2) is 0 Å². The minimum Gasteiger partial charge on any atom is -0.387 e. The van der Waals surface area contributed by atoms with E-state index >= 15 is 0 Å². The number of rotatable bonds is 0. The summed E-state index contributed by atoms with van der Waals surface area (Å²) in [4.78, 5) is 0. The second-order valence-corrected chi connectivity index (χ2v) is 4.34. The smallest absolute Gasteiger partial charge is 0.0919 e. The maximum atomic E-state index is 9.41. The number of aliphatic hydroxyl groups excluding tert-OH is 1. The zero-order chi connectivity index (χ0) is 8.65. The highest BCUT2D eigenvalue weighted by atomic mass is 16.3. The van der Waals surface area contributed by atoms with Gasteiger partial charge in [0.1, 0.15) is 0 Å². The molecule has 0 heterocycles. The van der Waals surface area contributed by atoms with Gasteiger partial charge >= 0.3 is 0 Å². The summed E-state index contributed by atoms with van der Waals surface area (Å²) < 4.78 is 0. The van der Waals surface area contributed by atoms with E-state index in [1.807, 2.05) is 0 Å². The third-order valence-electron chi connectivity index (χ3n) is 2.98. The largest absolute Gasteiger partial charge is 0.387 e. The quantitative estimate of drug-likeness (QED) is 0.550. The zero-order valence-corrected chi connectivity index (χ0v) is 7.52. The second kappa shape index (κ2) is 2.59. The van der Waals surface area contributed by atoms with E-state index in [4.69, 9.17) is 5.41 Å². The zero-order valence-electron chi connectivity index (χ0n) is 7.52. The Hall–Kier alpha value is -0.370. The third-order valence-corrected chi connectivity index (χ3v) is 2.98. The lowest BCUT2D eigenvalue weighted by molar-refractivity contribution is 0.101. The van der Waals surface area contributed by atoms with Gasteiger partial charge in [-0.05, 0) is 24.2 Å². The van der Waals surface area contributed by atoms with Gasteiger partial charge in [-0.3, -0.25) is 0 Å². The maximum absolute atomic E-state index is 9.41. The Kier molecular flexibility index (Phi) is 2.06. The molecule has 0 aromatic heterocycles. The van der Waals surface area contributed by atoms with Crippen LogP contribution in [0.15, 0.2) is 0 Å². The Labute approximate surface area is 68.1 Å². The van der Waals surface area contributed by atoms with Gasteiger partial charge in [0.2, 0.25) is 0 Å². The minimum absolute atomic E-state index is 0.198. The van der Waals surface area contributed by atoms with E-state index in [2.05, 4.69) is 20.8 Å². The van der Waals surface area contributed by atoms with Crippen molar-refractivity contribution >= 4 is 5.71 Å². The Morgan fingerprint density at radius 2 is 2.09 bits per heavy atom. The van der Waals surface area contributed by atoms with Gasteiger partial charge < -0.3 is 10.5 Å². The van der Waals surface area contributed by atoms with E-state index in [1.54, 1.807) is 0 Å². The van der Waals surface area contributed by atoms with E-state index in [-0.39, 0.29) is 5.41 Å². The fraction of sp³-hybridized carbons (Fsp3) is 0.889. The molecular weight excluding hydrogens is 138 g/mol. The molecule has 0 saturated heterocycles. The summed E-state index contributed by atoms with van der Waals surface area (Å²) in [5.74, 6) is 0.526. The van der Waals surface area contributed by atoms with Gasteiger partial charge in [-0.2, -0.15) is 0 Å². The monoisotopic (exact) mass is 155 g/mol. The highest BCUT2D eigenvalue weighted by molar-refractivity contribution is 5.86. The Morgan fingerprint density at radius 1 is 1.55 bits per heavy atom. The van der Waals surface area contributed by atoms with Gasteiger partial charge in [-0.1, -0.05) is 20.8 Å². The molecule has 1 rings (SSSR count). The molecule has 2 nitrogen and oxygen atoms in total. The first-order chi connectivity index (χ1) is 4.93. The molecular formula is C9H17NO. The molecule has 1 aliphatic rings. The molecule has 0 aromatic carbocycles. The molecule has 1 aliphatic carbocycles. The molecule has 0 amide bonds. The topological polar surface area (TPSA) is 44.1 Å². The summed E-state index contributed by atoms with van der Waals surface area (Å²) in [5.41, 5.74) is 0.709. The first kappa shape index (κ1) is 8.72. The third kappa shape index (κ3) is 1.62. The van der Waals surface area contributed by atoms with Crippen molar-refractivity contribution in [2.45, 2.75) is 39.7 Å². The van der Waals surface area contributed by atoms with Crippen LogP contribution in [0, 0.1) is 16.7 Å².